The number of benzene rings is 1. The van der Waals surface area contributed by atoms with Gasteiger partial charge in [0, 0.05) is 19.3 Å². The highest BCUT2D eigenvalue weighted by Crippen LogP contribution is 2.27. The molecular formula is C17H23N3O. The summed E-state index contributed by atoms with van der Waals surface area (Å²) in [5, 5.41) is 18.4. The van der Waals surface area contributed by atoms with Gasteiger partial charge < -0.3 is 10.4 Å². The smallest absolute Gasteiger partial charge is 0.0771 e. The van der Waals surface area contributed by atoms with Gasteiger partial charge in [-0.1, -0.05) is 37.5 Å². The van der Waals surface area contributed by atoms with Gasteiger partial charge in [0.2, 0.25) is 0 Å². The van der Waals surface area contributed by atoms with E-state index in [1.54, 1.807) is 0 Å². The number of nitrogens with zero attached hydrogens (tertiary/aromatic N) is 2. The quantitative estimate of drug-likeness (QED) is 0.888. The molecule has 21 heavy (non-hydrogen) atoms. The molecule has 1 fully saturated rings. The molecule has 0 radical (unpaired) electrons. The van der Waals surface area contributed by atoms with Gasteiger partial charge in [-0.05, 0) is 31.0 Å². The minimum absolute atomic E-state index is 0.514. The fourth-order valence-electron chi connectivity index (χ4n) is 2.99. The lowest BCUT2D eigenvalue weighted by molar-refractivity contribution is 0.00461. The number of aliphatic hydroxyl groups is 1. The van der Waals surface area contributed by atoms with Crippen molar-refractivity contribution in [2.24, 2.45) is 0 Å². The summed E-state index contributed by atoms with van der Waals surface area (Å²) >= 11 is 0. The van der Waals surface area contributed by atoms with Crippen molar-refractivity contribution in [3.8, 4) is 5.69 Å². The Bertz CT molecular complexity index is 558. The molecule has 1 aliphatic carbocycles. The predicted octanol–water partition coefficient (Wildman–Crippen LogP) is 2.66. The number of nitrogens with one attached hydrogen (secondary N) is 1. The van der Waals surface area contributed by atoms with E-state index in [2.05, 4.69) is 10.4 Å². The molecule has 2 aromatic rings. The Labute approximate surface area is 125 Å². The predicted molar refractivity (Wildman–Crippen MR) is 83.3 cm³/mol. The van der Waals surface area contributed by atoms with Crippen LogP contribution in [0.1, 0.15) is 37.8 Å². The molecule has 1 saturated carbocycles. The lowest BCUT2D eigenvalue weighted by atomic mass is 9.85. The highest BCUT2D eigenvalue weighted by molar-refractivity contribution is 5.30. The van der Waals surface area contributed by atoms with Crippen LogP contribution in [-0.4, -0.2) is 27.0 Å². The van der Waals surface area contributed by atoms with Gasteiger partial charge in [0.15, 0.2) is 0 Å². The molecule has 0 amide bonds. The Kier molecular flexibility index (Phi) is 4.36. The third-order valence-corrected chi connectivity index (χ3v) is 4.21. The van der Waals surface area contributed by atoms with Gasteiger partial charge in [0.05, 0.1) is 17.0 Å². The van der Waals surface area contributed by atoms with E-state index < -0.39 is 5.60 Å². The lowest BCUT2D eigenvalue weighted by Gasteiger charge is -2.32. The van der Waals surface area contributed by atoms with Gasteiger partial charge in [-0.3, -0.25) is 0 Å². The average molecular weight is 285 g/mol. The van der Waals surface area contributed by atoms with E-state index in [1.165, 1.54) is 6.42 Å². The molecule has 0 atom stereocenters. The first kappa shape index (κ1) is 14.3. The molecule has 0 spiro atoms. The van der Waals surface area contributed by atoms with Crippen LogP contribution < -0.4 is 5.32 Å². The zero-order valence-corrected chi connectivity index (χ0v) is 12.3. The van der Waals surface area contributed by atoms with Crippen molar-refractivity contribution in [1.82, 2.24) is 15.1 Å². The SMILES string of the molecule is OC1(CNCc2ccn(-c3ccccc3)n2)CCCCC1. The van der Waals surface area contributed by atoms with Crippen molar-refractivity contribution < 1.29 is 5.11 Å². The van der Waals surface area contributed by atoms with Crippen molar-refractivity contribution >= 4 is 0 Å². The highest BCUT2D eigenvalue weighted by Gasteiger charge is 2.28. The van der Waals surface area contributed by atoms with Gasteiger partial charge in [-0.25, -0.2) is 4.68 Å². The first-order chi connectivity index (χ1) is 10.3. The fraction of sp³-hybridized carbons (Fsp3) is 0.471. The molecule has 4 heteroatoms. The standard InChI is InChI=1S/C17H23N3O/c21-17(10-5-2-6-11-17)14-18-13-15-9-12-20(19-15)16-7-3-1-4-8-16/h1,3-4,7-9,12,18,21H,2,5-6,10-11,13-14H2. The lowest BCUT2D eigenvalue weighted by Crippen LogP contribution is -2.41. The molecule has 1 aromatic carbocycles. The zero-order valence-electron chi connectivity index (χ0n) is 12.3. The molecule has 1 aromatic heterocycles. The summed E-state index contributed by atoms with van der Waals surface area (Å²) in [7, 11) is 0. The maximum atomic E-state index is 10.4. The third kappa shape index (κ3) is 3.71. The highest BCUT2D eigenvalue weighted by atomic mass is 16.3. The first-order valence-electron chi connectivity index (χ1n) is 7.78. The second-order valence-corrected chi connectivity index (χ2v) is 5.98. The van der Waals surface area contributed by atoms with Crippen LogP contribution in [0.25, 0.3) is 5.69 Å². The molecule has 0 bridgehead atoms. The van der Waals surface area contributed by atoms with Crippen molar-refractivity contribution in [1.29, 1.82) is 0 Å². The second kappa shape index (κ2) is 6.41. The zero-order chi connectivity index (χ0) is 14.5. The van der Waals surface area contributed by atoms with Crippen LogP contribution in [0.4, 0.5) is 0 Å². The molecule has 112 valence electrons. The van der Waals surface area contributed by atoms with Crippen LogP contribution in [0.5, 0.6) is 0 Å². The molecule has 2 N–H and O–H groups in total. The van der Waals surface area contributed by atoms with Crippen molar-refractivity contribution in [3.05, 3.63) is 48.3 Å². The average Bonchev–Trinajstić information content (AvgIpc) is 2.98. The maximum absolute atomic E-state index is 10.4. The topological polar surface area (TPSA) is 50.1 Å². The molecule has 0 saturated heterocycles. The molecule has 0 unspecified atom stereocenters. The molecule has 3 rings (SSSR count). The van der Waals surface area contributed by atoms with E-state index in [0.717, 1.165) is 37.1 Å². The second-order valence-electron chi connectivity index (χ2n) is 5.98. The van der Waals surface area contributed by atoms with Gasteiger partial charge in [-0.2, -0.15) is 5.10 Å². The summed E-state index contributed by atoms with van der Waals surface area (Å²) in [6, 6.07) is 12.1. The third-order valence-electron chi connectivity index (χ3n) is 4.21. The summed E-state index contributed by atoms with van der Waals surface area (Å²) in [5.74, 6) is 0. The molecular weight excluding hydrogens is 262 g/mol. The van der Waals surface area contributed by atoms with Crippen LogP contribution in [0, 0.1) is 0 Å². The summed E-state index contributed by atoms with van der Waals surface area (Å²) in [6.45, 7) is 1.35. The van der Waals surface area contributed by atoms with Gasteiger partial charge in [-0.15, -0.1) is 0 Å². The Hall–Kier alpha value is -1.65. The van der Waals surface area contributed by atoms with E-state index in [4.69, 9.17) is 0 Å². The van der Waals surface area contributed by atoms with E-state index in [1.807, 2.05) is 47.3 Å². The molecule has 1 aliphatic rings. The van der Waals surface area contributed by atoms with Crippen molar-refractivity contribution in [3.63, 3.8) is 0 Å². The normalized spacial score (nSPS) is 17.8. The van der Waals surface area contributed by atoms with Crippen molar-refractivity contribution in [2.75, 3.05) is 6.54 Å². The van der Waals surface area contributed by atoms with Crippen LogP contribution >= 0.6 is 0 Å². The Morgan fingerprint density at radius 1 is 1.10 bits per heavy atom. The first-order valence-corrected chi connectivity index (χ1v) is 7.78. The Balaban J connectivity index is 1.53. The Morgan fingerprint density at radius 2 is 1.86 bits per heavy atom. The summed E-state index contributed by atoms with van der Waals surface area (Å²) < 4.78 is 1.88. The van der Waals surface area contributed by atoms with Crippen molar-refractivity contribution in [2.45, 2.75) is 44.2 Å². The van der Waals surface area contributed by atoms with Gasteiger partial charge >= 0.3 is 0 Å². The van der Waals surface area contributed by atoms with E-state index in [0.29, 0.717) is 13.1 Å². The van der Waals surface area contributed by atoms with Crippen LogP contribution in [0.3, 0.4) is 0 Å². The van der Waals surface area contributed by atoms with Crippen LogP contribution in [0.2, 0.25) is 0 Å². The minimum Gasteiger partial charge on any atom is -0.389 e. The molecule has 1 heterocycles. The maximum Gasteiger partial charge on any atom is 0.0771 e. The molecule has 4 nitrogen and oxygen atoms in total. The van der Waals surface area contributed by atoms with E-state index in [-0.39, 0.29) is 0 Å². The monoisotopic (exact) mass is 285 g/mol. The summed E-state index contributed by atoms with van der Waals surface area (Å²) in [6.07, 6.45) is 7.34. The largest absolute Gasteiger partial charge is 0.389 e. The molecule has 0 aliphatic heterocycles. The summed E-state index contributed by atoms with van der Waals surface area (Å²) in [4.78, 5) is 0. The summed E-state index contributed by atoms with van der Waals surface area (Å²) in [5.41, 5.74) is 1.55. The number of para-hydroxylation sites is 1. The van der Waals surface area contributed by atoms with E-state index in [9.17, 15) is 5.11 Å². The van der Waals surface area contributed by atoms with Crippen LogP contribution in [-0.2, 0) is 6.54 Å². The minimum atomic E-state index is -0.514. The van der Waals surface area contributed by atoms with E-state index >= 15 is 0 Å². The number of hydrogen-bond acceptors (Lipinski definition) is 3. The fourth-order valence-corrected chi connectivity index (χ4v) is 2.99. The Morgan fingerprint density at radius 3 is 2.62 bits per heavy atom. The van der Waals surface area contributed by atoms with Crippen LogP contribution in [0.15, 0.2) is 42.6 Å². The number of aromatic nitrogens is 2. The van der Waals surface area contributed by atoms with Gasteiger partial charge in [0.1, 0.15) is 0 Å². The van der Waals surface area contributed by atoms with Gasteiger partial charge in [0.25, 0.3) is 0 Å². The number of hydrogen-bond donors (Lipinski definition) is 2. The number of rotatable bonds is 5.